The average molecular weight is 348 g/mol. The van der Waals surface area contributed by atoms with Crippen LogP contribution in [0.5, 0.6) is 0 Å². The third-order valence-electron chi connectivity index (χ3n) is 2.17. The summed E-state index contributed by atoms with van der Waals surface area (Å²) in [6.45, 7) is 0.160. The van der Waals surface area contributed by atoms with Crippen LogP contribution in [-0.2, 0) is 16.6 Å². The summed E-state index contributed by atoms with van der Waals surface area (Å²) in [6.07, 6.45) is 0. The van der Waals surface area contributed by atoms with E-state index in [2.05, 4.69) is 25.6 Å². The number of benzene rings is 1. The van der Waals surface area contributed by atoms with Gasteiger partial charge in [0.05, 0.1) is 22.6 Å². The van der Waals surface area contributed by atoms with Gasteiger partial charge in [-0.25, -0.2) is 18.1 Å². The summed E-state index contributed by atoms with van der Waals surface area (Å²) in [5.74, 6) is 0. The van der Waals surface area contributed by atoms with Crippen molar-refractivity contribution in [1.29, 1.82) is 0 Å². The van der Waals surface area contributed by atoms with Crippen LogP contribution in [0.4, 0.5) is 5.69 Å². The second-order valence-electron chi connectivity index (χ2n) is 3.49. The molecule has 0 saturated heterocycles. The maximum Gasteiger partial charge on any atom is 0.242 e. The first-order valence-corrected chi connectivity index (χ1v) is 8.13. The highest BCUT2D eigenvalue weighted by atomic mass is 79.9. The van der Waals surface area contributed by atoms with Crippen molar-refractivity contribution in [3.05, 3.63) is 39.3 Å². The molecule has 96 valence electrons. The molecule has 0 radical (unpaired) electrons. The predicted octanol–water partition coefficient (Wildman–Crippen LogP) is 1.97. The third-order valence-corrected chi connectivity index (χ3v) is 5.20. The van der Waals surface area contributed by atoms with Gasteiger partial charge in [-0.15, -0.1) is 11.3 Å². The van der Waals surface area contributed by atoms with Crippen molar-refractivity contribution in [2.75, 3.05) is 5.73 Å². The van der Waals surface area contributed by atoms with Crippen LogP contribution in [-0.4, -0.2) is 13.4 Å². The van der Waals surface area contributed by atoms with Gasteiger partial charge in [-0.3, -0.25) is 0 Å². The standard InChI is InChI=1S/C10H10BrN3O2S2/c11-9-2-1-7(12)3-10(9)18(15,16)14-4-8-5-17-6-13-8/h1-3,5-6,14H,4,12H2. The van der Waals surface area contributed by atoms with Gasteiger partial charge in [0.2, 0.25) is 10.0 Å². The quantitative estimate of drug-likeness (QED) is 0.828. The van der Waals surface area contributed by atoms with Crippen LogP contribution in [0.1, 0.15) is 5.69 Å². The Morgan fingerprint density at radius 2 is 2.22 bits per heavy atom. The second-order valence-corrected chi connectivity index (χ2v) is 6.80. The molecule has 0 atom stereocenters. The molecule has 2 aromatic rings. The molecular weight excluding hydrogens is 338 g/mol. The number of anilines is 1. The molecule has 0 aliphatic carbocycles. The first-order chi connectivity index (χ1) is 8.49. The topological polar surface area (TPSA) is 85.1 Å². The van der Waals surface area contributed by atoms with Crippen LogP contribution in [0, 0.1) is 0 Å². The van der Waals surface area contributed by atoms with Gasteiger partial charge in [0.25, 0.3) is 0 Å². The lowest BCUT2D eigenvalue weighted by Crippen LogP contribution is -2.23. The highest BCUT2D eigenvalue weighted by Crippen LogP contribution is 2.24. The first-order valence-electron chi connectivity index (χ1n) is 4.91. The number of hydrogen-bond donors (Lipinski definition) is 2. The Balaban J connectivity index is 2.22. The predicted molar refractivity (Wildman–Crippen MR) is 74.7 cm³/mol. The van der Waals surface area contributed by atoms with Crippen molar-refractivity contribution in [3.63, 3.8) is 0 Å². The molecule has 3 N–H and O–H groups in total. The lowest BCUT2D eigenvalue weighted by molar-refractivity contribution is 0.580. The van der Waals surface area contributed by atoms with E-state index in [4.69, 9.17) is 5.73 Å². The number of nitrogens with zero attached hydrogens (tertiary/aromatic N) is 1. The van der Waals surface area contributed by atoms with Crippen molar-refractivity contribution >= 4 is 43.0 Å². The fourth-order valence-corrected chi connectivity index (χ4v) is 3.85. The minimum absolute atomic E-state index is 0.123. The van der Waals surface area contributed by atoms with Gasteiger partial charge < -0.3 is 5.73 Å². The van der Waals surface area contributed by atoms with E-state index in [0.29, 0.717) is 15.9 Å². The molecule has 1 aromatic carbocycles. The van der Waals surface area contributed by atoms with E-state index in [0.717, 1.165) is 0 Å². The molecule has 18 heavy (non-hydrogen) atoms. The Bertz CT molecular complexity index is 641. The van der Waals surface area contributed by atoms with Gasteiger partial charge in [0, 0.05) is 15.5 Å². The molecule has 0 spiro atoms. The number of rotatable bonds is 4. The zero-order valence-corrected chi connectivity index (χ0v) is 12.3. The molecule has 0 unspecified atom stereocenters. The maximum absolute atomic E-state index is 12.1. The van der Waals surface area contributed by atoms with Gasteiger partial charge in [0.1, 0.15) is 0 Å². The Hall–Kier alpha value is -0.960. The second kappa shape index (κ2) is 5.35. The summed E-state index contributed by atoms with van der Waals surface area (Å²) in [5, 5.41) is 1.79. The number of nitrogens with one attached hydrogen (secondary N) is 1. The lowest BCUT2D eigenvalue weighted by Gasteiger charge is -2.08. The minimum Gasteiger partial charge on any atom is -0.399 e. The fourth-order valence-electron chi connectivity index (χ4n) is 1.30. The number of nitrogens with two attached hydrogens (primary N) is 1. The summed E-state index contributed by atoms with van der Waals surface area (Å²) in [6, 6.07) is 4.64. The van der Waals surface area contributed by atoms with Crippen molar-refractivity contribution in [2.45, 2.75) is 11.4 Å². The monoisotopic (exact) mass is 347 g/mol. The molecule has 0 fully saturated rings. The highest BCUT2D eigenvalue weighted by molar-refractivity contribution is 9.10. The van der Waals surface area contributed by atoms with Crippen molar-refractivity contribution < 1.29 is 8.42 Å². The van der Waals surface area contributed by atoms with Gasteiger partial charge in [-0.05, 0) is 34.1 Å². The Morgan fingerprint density at radius 1 is 1.44 bits per heavy atom. The minimum atomic E-state index is -3.60. The summed E-state index contributed by atoms with van der Waals surface area (Å²) in [4.78, 5) is 4.13. The molecule has 2 rings (SSSR count). The smallest absolute Gasteiger partial charge is 0.242 e. The number of aromatic nitrogens is 1. The summed E-state index contributed by atoms with van der Waals surface area (Å²) in [7, 11) is -3.60. The van der Waals surface area contributed by atoms with Crippen molar-refractivity contribution in [1.82, 2.24) is 9.71 Å². The summed E-state index contributed by atoms with van der Waals surface area (Å²) in [5.41, 5.74) is 8.32. The zero-order valence-electron chi connectivity index (χ0n) is 9.13. The van der Waals surface area contributed by atoms with Gasteiger partial charge in [0.15, 0.2) is 0 Å². The first kappa shape index (κ1) is 13.5. The normalized spacial score (nSPS) is 11.6. The molecular formula is C10H10BrN3O2S2. The van der Waals surface area contributed by atoms with Crippen LogP contribution in [0.3, 0.4) is 0 Å². The number of nitrogen functional groups attached to an aromatic ring is 1. The Labute approximate surface area is 117 Å². The average Bonchev–Trinajstić information content (AvgIpc) is 2.83. The van der Waals surface area contributed by atoms with E-state index in [1.807, 2.05) is 0 Å². The zero-order chi connectivity index (χ0) is 13.2. The molecule has 0 bridgehead atoms. The molecule has 5 nitrogen and oxygen atoms in total. The van der Waals surface area contributed by atoms with E-state index in [1.54, 1.807) is 23.0 Å². The van der Waals surface area contributed by atoms with E-state index < -0.39 is 10.0 Å². The van der Waals surface area contributed by atoms with Crippen LogP contribution in [0.2, 0.25) is 0 Å². The Kier molecular flexibility index (Phi) is 4.00. The van der Waals surface area contributed by atoms with E-state index in [-0.39, 0.29) is 11.4 Å². The highest BCUT2D eigenvalue weighted by Gasteiger charge is 2.17. The SMILES string of the molecule is Nc1ccc(Br)c(S(=O)(=O)NCc2cscn2)c1. The van der Waals surface area contributed by atoms with Crippen molar-refractivity contribution in [2.24, 2.45) is 0 Å². The molecule has 1 aromatic heterocycles. The van der Waals surface area contributed by atoms with Crippen LogP contribution in [0.15, 0.2) is 38.5 Å². The summed E-state index contributed by atoms with van der Waals surface area (Å²) >= 11 is 4.61. The van der Waals surface area contributed by atoms with Crippen molar-refractivity contribution in [3.8, 4) is 0 Å². The van der Waals surface area contributed by atoms with E-state index >= 15 is 0 Å². The fraction of sp³-hybridized carbons (Fsp3) is 0.100. The molecule has 0 aliphatic rings. The maximum atomic E-state index is 12.1. The van der Waals surface area contributed by atoms with Gasteiger partial charge in [-0.1, -0.05) is 0 Å². The molecule has 0 aliphatic heterocycles. The van der Waals surface area contributed by atoms with E-state index in [9.17, 15) is 8.42 Å². The number of hydrogen-bond acceptors (Lipinski definition) is 5. The van der Waals surface area contributed by atoms with Crippen LogP contribution < -0.4 is 10.5 Å². The number of sulfonamides is 1. The Morgan fingerprint density at radius 3 is 2.89 bits per heavy atom. The largest absolute Gasteiger partial charge is 0.399 e. The lowest BCUT2D eigenvalue weighted by atomic mass is 10.3. The van der Waals surface area contributed by atoms with Gasteiger partial charge in [-0.2, -0.15) is 0 Å². The molecule has 8 heteroatoms. The number of halogens is 1. The number of thiazole rings is 1. The van der Waals surface area contributed by atoms with Crippen LogP contribution in [0.25, 0.3) is 0 Å². The molecule has 1 heterocycles. The molecule has 0 saturated carbocycles. The summed E-state index contributed by atoms with van der Waals surface area (Å²) < 4.78 is 27.1. The third kappa shape index (κ3) is 3.08. The van der Waals surface area contributed by atoms with Gasteiger partial charge >= 0.3 is 0 Å². The van der Waals surface area contributed by atoms with Crippen LogP contribution >= 0.6 is 27.3 Å². The molecule has 0 amide bonds. The van der Waals surface area contributed by atoms with E-state index in [1.165, 1.54) is 17.4 Å².